The first kappa shape index (κ1) is 17.7. The second-order valence-electron chi connectivity index (χ2n) is 6.18. The second-order valence-corrected chi connectivity index (χ2v) is 6.18. The van der Waals surface area contributed by atoms with Crippen LogP contribution in [0.25, 0.3) is 0 Å². The molecule has 0 radical (unpaired) electrons. The lowest BCUT2D eigenvalue weighted by Crippen LogP contribution is -2.26. The van der Waals surface area contributed by atoms with Crippen LogP contribution in [0.1, 0.15) is 11.4 Å². The molecule has 1 amide bonds. The van der Waals surface area contributed by atoms with E-state index in [1.54, 1.807) is 6.92 Å². The number of amides is 1. The van der Waals surface area contributed by atoms with Gasteiger partial charge in [-0.3, -0.25) is 0 Å². The number of cyclic esters (lactones) is 1. The molecule has 2 aromatic carbocycles. The molecule has 8 heteroatoms. The Morgan fingerprint density at radius 3 is 2.50 bits per heavy atom. The van der Waals surface area contributed by atoms with Crippen molar-refractivity contribution in [2.45, 2.75) is 13.5 Å². The van der Waals surface area contributed by atoms with Gasteiger partial charge in [0.15, 0.2) is 0 Å². The molecule has 1 aliphatic rings. The number of para-hydroxylation sites is 1. The average Bonchev–Trinajstić information content (AvgIpc) is 3.14. The van der Waals surface area contributed by atoms with Crippen LogP contribution in [-0.4, -0.2) is 34.2 Å². The number of aryl methyl sites for hydroxylation is 1. The van der Waals surface area contributed by atoms with Crippen LogP contribution >= 0.6 is 0 Å². The molecule has 142 valence electrons. The van der Waals surface area contributed by atoms with Crippen LogP contribution in [0.2, 0.25) is 0 Å². The van der Waals surface area contributed by atoms with Crippen LogP contribution in [0.5, 0.6) is 11.5 Å². The van der Waals surface area contributed by atoms with Gasteiger partial charge in [0, 0.05) is 6.54 Å². The molecular formula is C20H19N5O3. The molecule has 0 saturated carbocycles. The standard InChI is InChI=1S/C20H19N5O3/c1-14-22-18(24-19(23-14)25-11-12-27-20(25)26)21-13-15-7-9-17(10-8-15)28-16-5-3-2-4-6-16/h2-10H,11-13H2,1H3,(H,21,22,23,24). The van der Waals surface area contributed by atoms with Gasteiger partial charge in [0.1, 0.15) is 23.9 Å². The highest BCUT2D eigenvalue weighted by atomic mass is 16.6. The molecule has 1 fully saturated rings. The Labute approximate surface area is 162 Å². The number of hydrogen-bond donors (Lipinski definition) is 1. The maximum absolute atomic E-state index is 11.7. The molecule has 0 atom stereocenters. The second kappa shape index (κ2) is 7.91. The Hall–Kier alpha value is -3.68. The van der Waals surface area contributed by atoms with E-state index in [1.165, 1.54) is 4.90 Å². The fraction of sp³-hybridized carbons (Fsp3) is 0.200. The van der Waals surface area contributed by atoms with E-state index in [0.717, 1.165) is 17.1 Å². The zero-order valence-electron chi connectivity index (χ0n) is 15.3. The molecule has 0 aliphatic carbocycles. The molecule has 3 aromatic rings. The average molecular weight is 377 g/mol. The molecule has 2 heterocycles. The summed E-state index contributed by atoms with van der Waals surface area (Å²) < 4.78 is 10.7. The van der Waals surface area contributed by atoms with Gasteiger partial charge in [0.25, 0.3) is 0 Å². The molecule has 1 aromatic heterocycles. The number of aromatic nitrogens is 3. The molecule has 0 spiro atoms. The van der Waals surface area contributed by atoms with Gasteiger partial charge in [0.2, 0.25) is 11.9 Å². The summed E-state index contributed by atoms with van der Waals surface area (Å²) in [5.41, 5.74) is 1.04. The number of nitrogens with zero attached hydrogens (tertiary/aromatic N) is 4. The van der Waals surface area contributed by atoms with Gasteiger partial charge in [-0.15, -0.1) is 0 Å². The third-order valence-corrected chi connectivity index (χ3v) is 4.09. The topological polar surface area (TPSA) is 89.5 Å². The van der Waals surface area contributed by atoms with Gasteiger partial charge in [-0.25, -0.2) is 9.69 Å². The van der Waals surface area contributed by atoms with E-state index < -0.39 is 6.09 Å². The predicted octanol–water partition coefficient (Wildman–Crippen LogP) is 3.54. The van der Waals surface area contributed by atoms with Crippen LogP contribution < -0.4 is 15.0 Å². The first-order valence-corrected chi connectivity index (χ1v) is 8.90. The minimum absolute atomic E-state index is 0.295. The van der Waals surface area contributed by atoms with Crippen molar-refractivity contribution in [3.63, 3.8) is 0 Å². The lowest BCUT2D eigenvalue weighted by Gasteiger charge is -2.13. The molecule has 1 N–H and O–H groups in total. The highest BCUT2D eigenvalue weighted by Crippen LogP contribution is 2.21. The maximum Gasteiger partial charge on any atom is 0.416 e. The summed E-state index contributed by atoms with van der Waals surface area (Å²) in [7, 11) is 0. The smallest absolute Gasteiger partial charge is 0.416 e. The van der Waals surface area contributed by atoms with Gasteiger partial charge in [-0.05, 0) is 36.8 Å². The summed E-state index contributed by atoms with van der Waals surface area (Å²) in [5.74, 6) is 2.79. The Morgan fingerprint density at radius 1 is 1.04 bits per heavy atom. The van der Waals surface area contributed by atoms with Crippen molar-refractivity contribution in [1.82, 2.24) is 15.0 Å². The van der Waals surface area contributed by atoms with Crippen molar-refractivity contribution >= 4 is 18.0 Å². The van der Waals surface area contributed by atoms with E-state index >= 15 is 0 Å². The Bertz CT molecular complexity index is 963. The van der Waals surface area contributed by atoms with Crippen molar-refractivity contribution in [3.8, 4) is 11.5 Å². The van der Waals surface area contributed by atoms with Crippen LogP contribution in [0, 0.1) is 6.92 Å². The Morgan fingerprint density at radius 2 is 1.79 bits per heavy atom. The fourth-order valence-electron chi connectivity index (χ4n) is 2.72. The quantitative estimate of drug-likeness (QED) is 0.703. The predicted molar refractivity (Wildman–Crippen MR) is 104 cm³/mol. The number of carbonyl (C=O) groups excluding carboxylic acids is 1. The first-order chi connectivity index (χ1) is 13.7. The van der Waals surface area contributed by atoms with E-state index in [-0.39, 0.29) is 0 Å². The van der Waals surface area contributed by atoms with E-state index in [1.807, 2.05) is 54.6 Å². The largest absolute Gasteiger partial charge is 0.457 e. The highest BCUT2D eigenvalue weighted by Gasteiger charge is 2.26. The summed E-state index contributed by atoms with van der Waals surface area (Å²) in [6.07, 6.45) is -0.439. The lowest BCUT2D eigenvalue weighted by molar-refractivity contribution is 0.181. The molecule has 8 nitrogen and oxygen atoms in total. The zero-order valence-corrected chi connectivity index (χ0v) is 15.3. The van der Waals surface area contributed by atoms with Crippen molar-refractivity contribution in [3.05, 3.63) is 66.0 Å². The number of carbonyl (C=O) groups is 1. The molecular weight excluding hydrogens is 358 g/mol. The number of rotatable bonds is 6. The van der Waals surface area contributed by atoms with Crippen LogP contribution in [-0.2, 0) is 11.3 Å². The van der Waals surface area contributed by atoms with Crippen LogP contribution in [0.4, 0.5) is 16.7 Å². The molecule has 0 unspecified atom stereocenters. The monoisotopic (exact) mass is 377 g/mol. The molecule has 1 saturated heterocycles. The van der Waals surface area contributed by atoms with Gasteiger partial charge >= 0.3 is 6.09 Å². The SMILES string of the molecule is Cc1nc(NCc2ccc(Oc3ccccc3)cc2)nc(N2CCOC2=O)n1. The van der Waals surface area contributed by atoms with E-state index in [2.05, 4.69) is 20.3 Å². The Balaban J connectivity index is 1.40. The minimum Gasteiger partial charge on any atom is -0.457 e. The van der Waals surface area contributed by atoms with Gasteiger partial charge in [-0.1, -0.05) is 30.3 Å². The zero-order chi connectivity index (χ0) is 19.3. The summed E-state index contributed by atoms with van der Waals surface area (Å²) in [4.78, 5) is 25.9. The summed E-state index contributed by atoms with van der Waals surface area (Å²) in [5, 5.41) is 3.17. The summed E-state index contributed by atoms with van der Waals surface area (Å²) >= 11 is 0. The number of anilines is 2. The summed E-state index contributed by atoms with van der Waals surface area (Å²) in [6, 6.07) is 17.4. The van der Waals surface area contributed by atoms with Crippen molar-refractivity contribution in [1.29, 1.82) is 0 Å². The number of nitrogens with one attached hydrogen (secondary N) is 1. The number of ether oxygens (including phenoxy) is 2. The van der Waals surface area contributed by atoms with E-state index in [9.17, 15) is 4.79 Å². The molecule has 4 rings (SSSR count). The van der Waals surface area contributed by atoms with Gasteiger partial charge < -0.3 is 14.8 Å². The lowest BCUT2D eigenvalue weighted by atomic mass is 10.2. The third kappa shape index (κ3) is 4.17. The van der Waals surface area contributed by atoms with E-state index in [0.29, 0.717) is 37.4 Å². The third-order valence-electron chi connectivity index (χ3n) is 4.09. The van der Waals surface area contributed by atoms with Gasteiger partial charge in [-0.2, -0.15) is 15.0 Å². The van der Waals surface area contributed by atoms with Crippen LogP contribution in [0.15, 0.2) is 54.6 Å². The van der Waals surface area contributed by atoms with Gasteiger partial charge in [0.05, 0.1) is 6.54 Å². The first-order valence-electron chi connectivity index (χ1n) is 8.90. The Kier molecular flexibility index (Phi) is 5.01. The number of benzene rings is 2. The summed E-state index contributed by atoms with van der Waals surface area (Å²) in [6.45, 7) is 3.06. The number of hydrogen-bond acceptors (Lipinski definition) is 7. The minimum atomic E-state index is -0.439. The van der Waals surface area contributed by atoms with E-state index in [4.69, 9.17) is 9.47 Å². The van der Waals surface area contributed by atoms with Crippen LogP contribution in [0.3, 0.4) is 0 Å². The normalized spacial score (nSPS) is 13.3. The molecule has 28 heavy (non-hydrogen) atoms. The fourth-order valence-corrected chi connectivity index (χ4v) is 2.72. The molecule has 1 aliphatic heterocycles. The maximum atomic E-state index is 11.7. The highest BCUT2D eigenvalue weighted by molar-refractivity contribution is 5.87. The van der Waals surface area contributed by atoms with Crippen molar-refractivity contribution in [2.75, 3.05) is 23.4 Å². The molecule has 0 bridgehead atoms. The van der Waals surface area contributed by atoms with Crippen molar-refractivity contribution < 1.29 is 14.3 Å². The van der Waals surface area contributed by atoms with Crippen molar-refractivity contribution in [2.24, 2.45) is 0 Å².